The zero-order valence-corrected chi connectivity index (χ0v) is 42.8. The summed E-state index contributed by atoms with van der Waals surface area (Å²) in [6.07, 6.45) is 7.02. The van der Waals surface area contributed by atoms with Gasteiger partial charge < -0.3 is 65.0 Å². The molecule has 0 unspecified atom stereocenters. The Hall–Kier alpha value is -4.92. The molecule has 0 spiro atoms. The van der Waals surface area contributed by atoms with Gasteiger partial charge in [-0.05, 0) is 123 Å². The normalized spacial score (nSPS) is 14.3. The van der Waals surface area contributed by atoms with E-state index < -0.39 is 12.9 Å². The fraction of sp³-hybridized carbons (Fsp3) is 0.373. The number of carbonyl (C=O) groups excluding carboxylic acids is 1. The highest BCUT2D eigenvalue weighted by atomic mass is 79.9. The Balaban J connectivity index is 1.27. The summed E-state index contributed by atoms with van der Waals surface area (Å²) in [6.45, 7) is 6.31. The van der Waals surface area contributed by atoms with Gasteiger partial charge in [0.25, 0.3) is 0 Å². The molecule has 0 N–H and O–H groups in total. The van der Waals surface area contributed by atoms with Crippen molar-refractivity contribution in [3.05, 3.63) is 133 Å². The maximum Gasteiger partial charge on any atom is 0.737 e. The predicted octanol–water partition coefficient (Wildman–Crippen LogP) is 9.63. The molecular weight excluding hydrogens is 1030 g/mol. The Kier molecular flexibility index (Phi) is 20.8. The molecule has 3 heterocycles. The molecule has 0 saturated heterocycles. The molecule has 69 heavy (non-hydrogen) atoms. The standard InChI is InChI=1S/C51H59BBr2F2N2O11/c1-6-66-46(59)35-69-43-19-13-40(14-20-43)47-50-36(2)48(53)44(21-11-38-7-15-41(16-8-38)67-33-31-64-29-27-62-25-23-60-4)57(50)52(55,56)58-45(49(54)37(3)51(47)58)22-12-39-9-17-42(18-10-39)68-34-32-65-30-28-63-26-24-61-5/h7-22H,6,23-35H2,1-5H3/b21-11+,22-12+. The lowest BCUT2D eigenvalue weighted by molar-refractivity contribution is -0.362. The quantitative estimate of drug-likeness (QED) is 0.0294. The first-order valence-electron chi connectivity index (χ1n) is 22.7. The van der Waals surface area contributed by atoms with Crippen molar-refractivity contribution in [3.8, 4) is 17.2 Å². The van der Waals surface area contributed by atoms with E-state index in [-0.39, 0.29) is 13.2 Å². The van der Waals surface area contributed by atoms with Crippen molar-refractivity contribution in [2.24, 2.45) is 0 Å². The van der Waals surface area contributed by atoms with Gasteiger partial charge >= 0.3 is 12.9 Å². The second-order valence-electron chi connectivity index (χ2n) is 15.6. The van der Waals surface area contributed by atoms with Gasteiger partial charge in [0.2, 0.25) is 0 Å². The van der Waals surface area contributed by atoms with E-state index in [0.29, 0.717) is 151 Å². The first-order chi connectivity index (χ1) is 33.5. The van der Waals surface area contributed by atoms with Crippen LogP contribution in [0.1, 0.15) is 47.5 Å². The molecule has 2 aliphatic rings. The molecular formula is C51H59BBr2F2N2O11. The topological polar surface area (TPSA) is 117 Å². The van der Waals surface area contributed by atoms with Crippen molar-refractivity contribution in [2.45, 2.75) is 20.8 Å². The molecule has 4 aromatic rings. The third-order valence-electron chi connectivity index (χ3n) is 10.9. The zero-order valence-electron chi connectivity index (χ0n) is 39.6. The van der Waals surface area contributed by atoms with Crippen molar-refractivity contribution in [1.29, 1.82) is 0 Å². The molecule has 2 aliphatic heterocycles. The fourth-order valence-corrected chi connectivity index (χ4v) is 8.63. The molecule has 370 valence electrons. The smallest absolute Gasteiger partial charge is 0.491 e. The summed E-state index contributed by atoms with van der Waals surface area (Å²) in [6, 6.07) is 21.9. The highest BCUT2D eigenvalue weighted by molar-refractivity contribution is 9.12. The van der Waals surface area contributed by atoms with E-state index in [4.69, 9.17) is 47.4 Å². The van der Waals surface area contributed by atoms with E-state index in [1.54, 1.807) is 57.6 Å². The summed E-state index contributed by atoms with van der Waals surface area (Å²) < 4.78 is 93.5. The number of rotatable bonds is 29. The molecule has 0 saturated carbocycles. The Morgan fingerprint density at radius 2 is 1.10 bits per heavy atom. The molecule has 0 amide bonds. The van der Waals surface area contributed by atoms with Gasteiger partial charge in [-0.15, -0.1) is 0 Å². The van der Waals surface area contributed by atoms with Crippen molar-refractivity contribution in [3.63, 3.8) is 0 Å². The average molecular weight is 1080 g/mol. The van der Waals surface area contributed by atoms with Gasteiger partial charge in [0.1, 0.15) is 30.5 Å². The number of ether oxygens (including phenoxy) is 10. The van der Waals surface area contributed by atoms with Crippen LogP contribution in [0.4, 0.5) is 8.63 Å². The minimum Gasteiger partial charge on any atom is -0.491 e. The Morgan fingerprint density at radius 1 is 0.638 bits per heavy atom. The summed E-state index contributed by atoms with van der Waals surface area (Å²) in [5.41, 5.74) is 5.45. The summed E-state index contributed by atoms with van der Waals surface area (Å²) in [7, 11) is 3.25. The number of aromatic nitrogens is 1. The number of esters is 1. The third-order valence-corrected chi connectivity index (χ3v) is 12.9. The minimum absolute atomic E-state index is 0.236. The molecule has 0 fully saturated rings. The Morgan fingerprint density at radius 3 is 1.61 bits per heavy atom. The number of carbonyl (C=O) groups is 1. The fourth-order valence-electron chi connectivity index (χ4n) is 7.60. The highest BCUT2D eigenvalue weighted by Gasteiger charge is 2.57. The number of nitrogens with zero attached hydrogens (tertiary/aromatic N) is 2. The molecule has 0 radical (unpaired) electrons. The molecule has 1 aromatic heterocycles. The van der Waals surface area contributed by atoms with Gasteiger partial charge in [-0.2, -0.15) is 0 Å². The number of hydrogen-bond acceptors (Lipinski definition) is 11. The van der Waals surface area contributed by atoms with Gasteiger partial charge in [-0.1, -0.05) is 42.5 Å². The van der Waals surface area contributed by atoms with Crippen LogP contribution in [-0.4, -0.2) is 134 Å². The van der Waals surface area contributed by atoms with E-state index in [1.165, 1.54) is 0 Å². The van der Waals surface area contributed by atoms with Gasteiger partial charge in [0.05, 0.1) is 82.7 Å². The largest absolute Gasteiger partial charge is 0.737 e. The lowest BCUT2D eigenvalue weighted by atomic mass is 9.83. The molecule has 3 aromatic carbocycles. The molecule has 18 heteroatoms. The second-order valence-corrected chi connectivity index (χ2v) is 17.2. The number of allylic oxidation sites excluding steroid dienone is 3. The van der Waals surface area contributed by atoms with E-state index in [0.717, 1.165) is 20.1 Å². The van der Waals surface area contributed by atoms with Crippen LogP contribution in [-0.2, 0) is 38.0 Å². The highest BCUT2D eigenvalue weighted by Crippen LogP contribution is 2.49. The van der Waals surface area contributed by atoms with Crippen LogP contribution in [0.3, 0.4) is 0 Å². The molecule has 6 rings (SSSR count). The van der Waals surface area contributed by atoms with Crippen LogP contribution in [0, 0.1) is 6.92 Å². The maximum absolute atomic E-state index is 17.9. The van der Waals surface area contributed by atoms with Crippen LogP contribution in [0.25, 0.3) is 23.8 Å². The van der Waals surface area contributed by atoms with Gasteiger partial charge in [-0.3, -0.25) is 0 Å². The van der Waals surface area contributed by atoms with Gasteiger partial charge in [0.15, 0.2) is 18.0 Å². The molecule has 0 aliphatic carbocycles. The average Bonchev–Trinajstić information content (AvgIpc) is 3.76. The first-order valence-corrected chi connectivity index (χ1v) is 24.3. The Bertz CT molecular complexity index is 2490. The number of hydrogen-bond donors (Lipinski definition) is 0. The SMILES string of the molecule is CCOC(=O)COc1ccc(C2=C3C(C)=C(Br)C(/C=C/c4ccc(OCCOCCOCCOC)cc4)=[N+]3[B-](F)(F)n3c(/C=C/c4ccc(OCCOCCOCCOC)cc4)c(Br)c(C)c32)cc1. The van der Waals surface area contributed by atoms with Crippen LogP contribution in [0.15, 0.2) is 99.1 Å². The summed E-state index contributed by atoms with van der Waals surface area (Å²) in [5, 5.41) is 0. The van der Waals surface area contributed by atoms with Gasteiger partial charge in [-0.25, -0.2) is 4.79 Å². The third kappa shape index (κ3) is 14.1. The Labute approximate surface area is 419 Å². The molecule has 0 bridgehead atoms. The number of methoxy groups -OCH3 is 2. The minimum atomic E-state index is -4.52. The van der Waals surface area contributed by atoms with Crippen molar-refractivity contribution >= 4 is 74.3 Å². The van der Waals surface area contributed by atoms with Crippen molar-refractivity contribution in [1.82, 2.24) is 4.48 Å². The van der Waals surface area contributed by atoms with Crippen LogP contribution in [0.5, 0.6) is 17.2 Å². The van der Waals surface area contributed by atoms with Crippen LogP contribution >= 0.6 is 31.9 Å². The lowest BCUT2D eigenvalue weighted by Crippen LogP contribution is -2.51. The number of benzene rings is 3. The van der Waals surface area contributed by atoms with Crippen LogP contribution in [0.2, 0.25) is 0 Å². The summed E-state index contributed by atoms with van der Waals surface area (Å²) in [5.74, 6) is 1.24. The number of fused-ring (bicyclic) bond motifs is 2. The zero-order chi connectivity index (χ0) is 49.2. The lowest BCUT2D eigenvalue weighted by Gasteiger charge is -2.34. The summed E-state index contributed by atoms with van der Waals surface area (Å²) >= 11 is 7.46. The van der Waals surface area contributed by atoms with E-state index in [9.17, 15) is 4.79 Å². The monoisotopic (exact) mass is 1080 g/mol. The van der Waals surface area contributed by atoms with Crippen molar-refractivity contribution in [2.75, 3.05) is 107 Å². The number of halogens is 4. The predicted molar refractivity (Wildman–Crippen MR) is 271 cm³/mol. The second kappa shape index (κ2) is 26.9. The van der Waals surface area contributed by atoms with E-state index in [2.05, 4.69) is 31.9 Å². The summed E-state index contributed by atoms with van der Waals surface area (Å²) in [4.78, 5) is 12.0. The van der Waals surface area contributed by atoms with E-state index in [1.807, 2.05) is 74.5 Å². The van der Waals surface area contributed by atoms with Crippen molar-refractivity contribution < 1.29 is 65.3 Å². The van der Waals surface area contributed by atoms with Gasteiger partial charge in [0, 0.05) is 41.7 Å². The van der Waals surface area contributed by atoms with E-state index >= 15 is 8.63 Å². The maximum atomic E-state index is 17.9. The molecule has 0 atom stereocenters. The van der Waals surface area contributed by atoms with Crippen LogP contribution < -0.4 is 14.2 Å². The molecule has 13 nitrogen and oxygen atoms in total. The first kappa shape index (κ1) is 53.4.